The first-order chi connectivity index (χ1) is 15.5. The Morgan fingerprint density at radius 3 is 2.75 bits per heavy atom. The minimum atomic E-state index is -0.645. The molecule has 11 nitrogen and oxygen atoms in total. The second-order valence-corrected chi connectivity index (χ2v) is 8.69. The average Bonchev–Trinajstić information content (AvgIpc) is 3.46. The van der Waals surface area contributed by atoms with Gasteiger partial charge in [0, 0.05) is 44.5 Å². The third kappa shape index (κ3) is 4.20. The number of aromatic nitrogens is 5. The van der Waals surface area contributed by atoms with Crippen molar-refractivity contribution in [2.75, 3.05) is 45.9 Å². The van der Waals surface area contributed by atoms with E-state index in [9.17, 15) is 9.90 Å². The van der Waals surface area contributed by atoms with Crippen LogP contribution in [-0.2, 0) is 14.3 Å². The Labute approximate surface area is 189 Å². The molecule has 1 spiro atoms. The van der Waals surface area contributed by atoms with Crippen LogP contribution in [0.2, 0.25) is 0 Å². The Morgan fingerprint density at radius 2 is 2.09 bits per heavy atom. The van der Waals surface area contributed by atoms with Gasteiger partial charge in [0.05, 0.1) is 24.0 Å². The minimum Gasteiger partial charge on any atom is -0.455 e. The molecule has 0 bridgehead atoms. The van der Waals surface area contributed by atoms with Crippen LogP contribution in [0.5, 0.6) is 0 Å². The molecule has 0 saturated carbocycles. The lowest BCUT2D eigenvalue weighted by atomic mass is 9.89. The molecule has 12 heteroatoms. The first-order valence-corrected chi connectivity index (χ1v) is 11.0. The molecule has 0 aromatic carbocycles. The smallest absolute Gasteiger partial charge is 0.352 e. The Hall–Kier alpha value is -2.60. The van der Waals surface area contributed by atoms with Crippen LogP contribution >= 0.6 is 11.6 Å². The highest BCUT2D eigenvalue weighted by atomic mass is 35.5. The summed E-state index contributed by atoms with van der Waals surface area (Å²) in [6, 6.07) is 3.62. The normalized spacial score (nSPS) is 22.4. The van der Waals surface area contributed by atoms with E-state index in [0.29, 0.717) is 32.1 Å². The first-order valence-electron chi connectivity index (χ1n) is 10.6. The highest BCUT2D eigenvalue weighted by Gasteiger charge is 2.42. The monoisotopic (exact) mass is 461 g/mol. The molecule has 0 aliphatic carbocycles. The van der Waals surface area contributed by atoms with Gasteiger partial charge in [0.1, 0.15) is 18.0 Å². The predicted octanol–water partition coefficient (Wildman–Crippen LogP) is 0.265. The Kier molecular flexibility index (Phi) is 5.80. The fourth-order valence-electron chi connectivity index (χ4n) is 4.48. The van der Waals surface area contributed by atoms with E-state index in [4.69, 9.17) is 21.1 Å². The number of likely N-dealkylation sites (tertiary alicyclic amines) is 1. The quantitative estimate of drug-likeness (QED) is 0.621. The Morgan fingerprint density at radius 1 is 1.25 bits per heavy atom. The summed E-state index contributed by atoms with van der Waals surface area (Å²) in [5.74, 6) is 0.140. The lowest BCUT2D eigenvalue weighted by Gasteiger charge is -2.48. The topological polar surface area (TPSA) is 119 Å². The first kappa shape index (κ1) is 21.3. The van der Waals surface area contributed by atoms with Crippen molar-refractivity contribution in [1.29, 1.82) is 0 Å². The van der Waals surface area contributed by atoms with Crippen molar-refractivity contribution >= 4 is 17.6 Å². The van der Waals surface area contributed by atoms with E-state index in [1.54, 1.807) is 12.3 Å². The van der Waals surface area contributed by atoms with Gasteiger partial charge in [-0.25, -0.2) is 9.78 Å². The number of aliphatic hydroxyl groups is 1. The number of nitrogens with zero attached hydrogens (tertiary/aromatic N) is 7. The molecule has 2 aromatic heterocycles. The summed E-state index contributed by atoms with van der Waals surface area (Å²) in [5.41, 5.74) is 1.23. The third-order valence-corrected chi connectivity index (χ3v) is 6.71. The molecule has 1 atom stereocenters. The summed E-state index contributed by atoms with van der Waals surface area (Å²) < 4.78 is 12.7. The number of hydrogen-bond acceptors (Lipinski definition) is 10. The number of tetrazole rings is 1. The van der Waals surface area contributed by atoms with Crippen LogP contribution in [0.1, 0.15) is 24.5 Å². The molecule has 2 fully saturated rings. The van der Waals surface area contributed by atoms with Crippen molar-refractivity contribution in [2.45, 2.75) is 24.5 Å². The van der Waals surface area contributed by atoms with Crippen molar-refractivity contribution in [3.63, 3.8) is 0 Å². The van der Waals surface area contributed by atoms with Crippen LogP contribution < -0.4 is 0 Å². The third-order valence-electron chi connectivity index (χ3n) is 6.34. The van der Waals surface area contributed by atoms with Crippen molar-refractivity contribution in [3.8, 4) is 5.82 Å². The molecular formula is C20H24ClN7O4. The number of β-amino-alcohol motifs (C(OH)–C–C–N with tert-alkyl or cyclic N) is 1. The summed E-state index contributed by atoms with van der Waals surface area (Å²) >= 11 is 6.14. The van der Waals surface area contributed by atoms with Crippen molar-refractivity contribution < 1.29 is 19.4 Å². The van der Waals surface area contributed by atoms with Crippen LogP contribution in [0.3, 0.4) is 0 Å². The summed E-state index contributed by atoms with van der Waals surface area (Å²) in [4.78, 5) is 20.3. The molecule has 1 N–H and O–H groups in total. The van der Waals surface area contributed by atoms with Gasteiger partial charge in [0.25, 0.3) is 0 Å². The van der Waals surface area contributed by atoms with Gasteiger partial charge in [-0.15, -0.1) is 5.10 Å². The number of piperidine rings is 1. The summed E-state index contributed by atoms with van der Waals surface area (Å²) in [6.45, 7) is 4.34. The number of ether oxygens (including phenoxy) is 2. The number of aliphatic hydroxyl groups excluding tert-OH is 1. The van der Waals surface area contributed by atoms with Crippen LogP contribution in [0.25, 0.3) is 5.82 Å². The summed E-state index contributed by atoms with van der Waals surface area (Å²) in [5, 5.41) is 21.9. The van der Waals surface area contributed by atoms with E-state index in [-0.39, 0.29) is 17.2 Å². The number of morpholine rings is 1. The zero-order valence-electron chi connectivity index (χ0n) is 17.4. The SMILES string of the molecule is O=C1OCC(N2CCOC3(CCN(C[C@H](O)c4ccc(-n5cnnn5)nc4)CC3)C2)=C1Cl. The molecule has 3 aliphatic rings. The zero-order chi connectivity index (χ0) is 22.1. The maximum absolute atomic E-state index is 11.6. The molecule has 3 aliphatic heterocycles. The Bertz CT molecular complexity index is 990. The van der Waals surface area contributed by atoms with E-state index in [0.717, 1.165) is 37.2 Å². The highest BCUT2D eigenvalue weighted by Crippen LogP contribution is 2.34. The average molecular weight is 462 g/mol. The molecule has 0 radical (unpaired) electrons. The van der Waals surface area contributed by atoms with Crippen molar-refractivity contribution in [1.82, 2.24) is 35.0 Å². The van der Waals surface area contributed by atoms with Crippen LogP contribution in [0.15, 0.2) is 35.4 Å². The number of rotatable bonds is 5. The fourth-order valence-corrected chi connectivity index (χ4v) is 4.70. The molecule has 5 heterocycles. The Balaban J connectivity index is 1.16. The van der Waals surface area contributed by atoms with E-state index in [2.05, 4.69) is 30.3 Å². The largest absolute Gasteiger partial charge is 0.455 e. The molecule has 0 amide bonds. The van der Waals surface area contributed by atoms with Gasteiger partial charge in [-0.05, 0) is 29.3 Å². The maximum Gasteiger partial charge on any atom is 0.352 e. The van der Waals surface area contributed by atoms with Crippen molar-refractivity contribution in [3.05, 3.63) is 40.9 Å². The maximum atomic E-state index is 11.6. The predicted molar refractivity (Wildman–Crippen MR) is 112 cm³/mol. The van der Waals surface area contributed by atoms with E-state index < -0.39 is 12.1 Å². The molecular weight excluding hydrogens is 438 g/mol. The summed E-state index contributed by atoms with van der Waals surface area (Å²) in [7, 11) is 0. The molecule has 32 heavy (non-hydrogen) atoms. The highest BCUT2D eigenvalue weighted by molar-refractivity contribution is 6.42. The van der Waals surface area contributed by atoms with Crippen LogP contribution in [0, 0.1) is 0 Å². The number of carbonyl (C=O) groups is 1. The fraction of sp³-hybridized carbons (Fsp3) is 0.550. The lowest BCUT2D eigenvalue weighted by Crippen LogP contribution is -2.57. The number of halogens is 1. The van der Waals surface area contributed by atoms with Gasteiger partial charge in [-0.3, -0.25) is 0 Å². The second kappa shape index (κ2) is 8.74. The number of pyridine rings is 1. The number of cyclic esters (lactones) is 1. The lowest BCUT2D eigenvalue weighted by molar-refractivity contribution is -0.136. The number of carbonyl (C=O) groups excluding carboxylic acids is 1. The molecule has 5 rings (SSSR count). The molecule has 0 unspecified atom stereocenters. The molecule has 2 aromatic rings. The van der Waals surface area contributed by atoms with Gasteiger partial charge >= 0.3 is 5.97 Å². The van der Waals surface area contributed by atoms with Gasteiger partial charge in [-0.1, -0.05) is 17.7 Å². The number of hydrogen-bond donors (Lipinski definition) is 1. The van der Waals surface area contributed by atoms with Gasteiger partial charge < -0.3 is 24.4 Å². The van der Waals surface area contributed by atoms with Crippen LogP contribution in [-0.4, -0.2) is 97.6 Å². The van der Waals surface area contributed by atoms with Gasteiger partial charge in [0.2, 0.25) is 0 Å². The standard InChI is InChI=1S/C20H24ClN7O4/c21-18-15(11-31-19(18)30)27-7-8-32-20(12-27)3-5-26(6-4-20)10-16(29)14-1-2-17(22-9-14)28-13-23-24-25-28/h1-2,9,13,16,29H,3-8,10-12H2/t16-/m0/s1. The number of esters is 1. The molecule has 2 saturated heterocycles. The van der Waals surface area contributed by atoms with Gasteiger partial charge in [0.15, 0.2) is 5.82 Å². The second-order valence-electron chi connectivity index (χ2n) is 8.31. The van der Waals surface area contributed by atoms with E-state index in [1.165, 1.54) is 11.0 Å². The van der Waals surface area contributed by atoms with E-state index >= 15 is 0 Å². The zero-order valence-corrected chi connectivity index (χ0v) is 18.2. The van der Waals surface area contributed by atoms with Crippen molar-refractivity contribution in [2.24, 2.45) is 0 Å². The minimum absolute atomic E-state index is 0.183. The van der Waals surface area contributed by atoms with Crippen LogP contribution in [0.4, 0.5) is 0 Å². The molecule has 170 valence electrons. The van der Waals surface area contributed by atoms with E-state index in [1.807, 2.05) is 6.07 Å². The van der Waals surface area contributed by atoms with Gasteiger partial charge in [-0.2, -0.15) is 4.68 Å². The summed E-state index contributed by atoms with van der Waals surface area (Å²) in [6.07, 6.45) is 4.16.